The molecule has 0 bridgehead atoms. The minimum atomic E-state index is -1.02. The predicted molar refractivity (Wildman–Crippen MR) is 145 cm³/mol. The fourth-order valence-electron chi connectivity index (χ4n) is 3.95. The molecule has 222 valence electrons. The Morgan fingerprint density at radius 2 is 1.28 bits per heavy atom. The van der Waals surface area contributed by atoms with Crippen molar-refractivity contribution in [1.82, 2.24) is 26.6 Å². The van der Waals surface area contributed by atoms with Gasteiger partial charge in [0.05, 0.1) is 13.0 Å². The van der Waals surface area contributed by atoms with Crippen LogP contribution in [0.15, 0.2) is 0 Å². The van der Waals surface area contributed by atoms with Crippen molar-refractivity contribution >= 4 is 35.5 Å². The first-order chi connectivity index (χ1) is 18.0. The van der Waals surface area contributed by atoms with Gasteiger partial charge in [0.25, 0.3) is 0 Å². The van der Waals surface area contributed by atoms with Crippen molar-refractivity contribution in [3.05, 3.63) is 0 Å². The second-order valence-corrected chi connectivity index (χ2v) is 11.6. The average Bonchev–Trinajstić information content (AvgIpc) is 2.81. The predicted octanol–water partition coefficient (Wildman–Crippen LogP) is 0.391. The maximum Gasteiger partial charge on any atom is 0.329 e. The van der Waals surface area contributed by atoms with E-state index in [-0.39, 0.29) is 43.1 Å². The zero-order chi connectivity index (χ0) is 30.0. The number of hydrogen-bond acceptors (Lipinski definition) is 7. The normalized spacial score (nSPS) is 27.2. The van der Waals surface area contributed by atoms with Gasteiger partial charge in [-0.05, 0) is 37.0 Å². The van der Waals surface area contributed by atoms with Gasteiger partial charge in [-0.2, -0.15) is 0 Å². The van der Waals surface area contributed by atoms with Crippen molar-refractivity contribution in [3.63, 3.8) is 0 Å². The van der Waals surface area contributed by atoms with Gasteiger partial charge >= 0.3 is 5.97 Å². The third-order valence-electron chi connectivity index (χ3n) is 6.42. The molecular formula is C27H47N5O7. The Morgan fingerprint density at radius 3 is 1.79 bits per heavy atom. The van der Waals surface area contributed by atoms with E-state index < -0.39 is 65.8 Å². The number of esters is 1. The lowest BCUT2D eigenvalue weighted by Gasteiger charge is -2.28. The zero-order valence-corrected chi connectivity index (χ0v) is 24.7. The monoisotopic (exact) mass is 553 g/mol. The number of carbonyl (C=O) groups excluding carboxylic acids is 6. The van der Waals surface area contributed by atoms with Crippen LogP contribution >= 0.6 is 0 Å². The molecule has 39 heavy (non-hydrogen) atoms. The Morgan fingerprint density at radius 1 is 0.692 bits per heavy atom. The largest absolute Gasteiger partial charge is 0.460 e. The minimum absolute atomic E-state index is 0.0306. The standard InChI is InChI=1S/C27H47N5O7/c1-13(2)10-18-25(36)29-17(9)24(35)32-23(16(7)8)27(38)39-19(14(3)4)11-20(33)28-12-21(34)31-22(15(5)6)26(37)30-18/h13-19,22-23H,10-12H2,1-9H3,(H,28,33)(H,29,36)(H,30,37)(H,31,34)(H,32,35). The molecule has 0 saturated carbocycles. The summed E-state index contributed by atoms with van der Waals surface area (Å²) in [5.41, 5.74) is 0. The molecule has 1 aliphatic heterocycles. The lowest BCUT2D eigenvalue weighted by Crippen LogP contribution is -2.58. The topological polar surface area (TPSA) is 172 Å². The van der Waals surface area contributed by atoms with Crippen molar-refractivity contribution < 1.29 is 33.5 Å². The summed E-state index contributed by atoms with van der Waals surface area (Å²) < 4.78 is 5.62. The summed E-state index contributed by atoms with van der Waals surface area (Å²) in [6.45, 7) is 15.4. The molecule has 0 aliphatic carbocycles. The van der Waals surface area contributed by atoms with E-state index in [1.807, 2.05) is 13.8 Å². The van der Waals surface area contributed by atoms with E-state index in [4.69, 9.17) is 4.74 Å². The first kappa shape index (κ1) is 33.8. The number of ether oxygens (including phenoxy) is 1. The minimum Gasteiger partial charge on any atom is -0.460 e. The molecule has 12 nitrogen and oxygen atoms in total. The molecule has 1 saturated heterocycles. The van der Waals surface area contributed by atoms with Crippen LogP contribution in [0.4, 0.5) is 0 Å². The van der Waals surface area contributed by atoms with Crippen LogP contribution < -0.4 is 26.6 Å². The van der Waals surface area contributed by atoms with E-state index in [1.165, 1.54) is 6.92 Å². The van der Waals surface area contributed by atoms with Crippen LogP contribution in [0.5, 0.6) is 0 Å². The smallest absolute Gasteiger partial charge is 0.329 e. The molecule has 0 aromatic carbocycles. The molecular weight excluding hydrogens is 506 g/mol. The molecule has 12 heteroatoms. The summed E-state index contributed by atoms with van der Waals surface area (Å²) in [4.78, 5) is 77.4. The van der Waals surface area contributed by atoms with Crippen molar-refractivity contribution in [3.8, 4) is 0 Å². The first-order valence-electron chi connectivity index (χ1n) is 13.7. The summed E-state index contributed by atoms with van der Waals surface area (Å²) in [6.07, 6.45) is -0.700. The van der Waals surface area contributed by atoms with Crippen LogP contribution in [-0.4, -0.2) is 72.3 Å². The van der Waals surface area contributed by atoms with Gasteiger partial charge in [0.15, 0.2) is 0 Å². The second-order valence-electron chi connectivity index (χ2n) is 11.6. The first-order valence-corrected chi connectivity index (χ1v) is 13.7. The highest BCUT2D eigenvalue weighted by Crippen LogP contribution is 2.15. The van der Waals surface area contributed by atoms with Crippen LogP contribution in [0, 0.1) is 23.7 Å². The quantitative estimate of drug-likeness (QED) is 0.306. The summed E-state index contributed by atoms with van der Waals surface area (Å²) in [6, 6.07) is -3.97. The zero-order valence-electron chi connectivity index (χ0n) is 24.7. The van der Waals surface area contributed by atoms with E-state index in [9.17, 15) is 28.8 Å². The number of nitrogens with one attached hydrogen (secondary N) is 5. The van der Waals surface area contributed by atoms with Gasteiger partial charge in [-0.15, -0.1) is 0 Å². The lowest BCUT2D eigenvalue weighted by molar-refractivity contribution is -0.158. The second kappa shape index (κ2) is 15.4. The Hall–Kier alpha value is -3.18. The molecule has 0 aromatic rings. The molecule has 5 N–H and O–H groups in total. The molecule has 5 atom stereocenters. The number of carbonyl (C=O) groups is 6. The van der Waals surface area contributed by atoms with Crippen molar-refractivity contribution in [2.24, 2.45) is 23.7 Å². The van der Waals surface area contributed by atoms with E-state index in [2.05, 4.69) is 26.6 Å². The van der Waals surface area contributed by atoms with Crippen LogP contribution in [0.1, 0.15) is 75.2 Å². The molecule has 1 rings (SSSR count). The highest BCUT2D eigenvalue weighted by Gasteiger charge is 2.34. The molecule has 1 fully saturated rings. The summed E-state index contributed by atoms with van der Waals surface area (Å²) >= 11 is 0. The lowest BCUT2D eigenvalue weighted by atomic mass is 9.99. The van der Waals surface area contributed by atoms with Crippen LogP contribution in [-0.2, 0) is 33.5 Å². The number of cyclic esters (lactones) is 1. The van der Waals surface area contributed by atoms with Crippen LogP contribution in [0.25, 0.3) is 0 Å². The number of hydrogen-bond donors (Lipinski definition) is 5. The summed E-state index contributed by atoms with van der Waals surface area (Å²) in [7, 11) is 0. The average molecular weight is 554 g/mol. The summed E-state index contributed by atoms with van der Waals surface area (Å²) in [5, 5.41) is 13.1. The van der Waals surface area contributed by atoms with E-state index in [1.54, 1.807) is 41.5 Å². The Labute approximate surface area is 231 Å². The fraction of sp³-hybridized carbons (Fsp3) is 0.778. The van der Waals surface area contributed by atoms with Crippen molar-refractivity contribution in [1.29, 1.82) is 0 Å². The van der Waals surface area contributed by atoms with Gasteiger partial charge in [-0.25, -0.2) is 4.79 Å². The van der Waals surface area contributed by atoms with Crippen molar-refractivity contribution in [2.75, 3.05) is 6.54 Å². The maximum atomic E-state index is 13.1. The fourth-order valence-corrected chi connectivity index (χ4v) is 3.95. The number of rotatable bonds is 5. The van der Waals surface area contributed by atoms with Gasteiger partial charge in [-0.1, -0.05) is 55.4 Å². The van der Waals surface area contributed by atoms with Gasteiger partial charge in [0.1, 0.15) is 30.3 Å². The van der Waals surface area contributed by atoms with Crippen LogP contribution in [0.3, 0.4) is 0 Å². The van der Waals surface area contributed by atoms with E-state index in [0.29, 0.717) is 0 Å². The highest BCUT2D eigenvalue weighted by atomic mass is 16.5. The number of amides is 5. The van der Waals surface area contributed by atoms with Gasteiger partial charge in [0, 0.05) is 0 Å². The van der Waals surface area contributed by atoms with Gasteiger partial charge in [-0.3, -0.25) is 24.0 Å². The Bertz CT molecular complexity index is 903. The highest BCUT2D eigenvalue weighted by molar-refractivity contribution is 5.95. The molecule has 5 unspecified atom stereocenters. The van der Waals surface area contributed by atoms with Crippen LogP contribution in [0.2, 0.25) is 0 Å². The molecule has 0 radical (unpaired) electrons. The summed E-state index contributed by atoms with van der Waals surface area (Å²) in [5.74, 6) is -4.37. The molecule has 0 spiro atoms. The molecule has 5 amide bonds. The third-order valence-corrected chi connectivity index (χ3v) is 6.42. The Kier molecular flexibility index (Phi) is 13.4. The molecule has 0 aromatic heterocycles. The third kappa shape index (κ3) is 11.2. The van der Waals surface area contributed by atoms with Crippen molar-refractivity contribution in [2.45, 2.75) is 105 Å². The van der Waals surface area contributed by atoms with Gasteiger partial charge in [0.2, 0.25) is 29.5 Å². The van der Waals surface area contributed by atoms with Gasteiger partial charge < -0.3 is 31.3 Å². The Balaban J connectivity index is 3.36. The van der Waals surface area contributed by atoms with E-state index >= 15 is 0 Å². The molecule has 1 heterocycles. The molecule has 1 aliphatic rings. The SMILES string of the molecule is CC(C)CC1NC(=O)C(C(C)C)NC(=O)CNC(=O)CC(C(C)C)OC(=O)C(C(C)C)NC(=O)C(C)NC1=O. The maximum absolute atomic E-state index is 13.1. The van der Waals surface area contributed by atoms with E-state index in [0.717, 1.165) is 0 Å².